The highest BCUT2D eigenvalue weighted by Crippen LogP contribution is 2.25. The molecule has 1 aromatic carbocycles. The monoisotopic (exact) mass is 463 g/mol. The summed E-state index contributed by atoms with van der Waals surface area (Å²) in [7, 11) is 3.92. The van der Waals surface area contributed by atoms with Crippen LogP contribution in [0.25, 0.3) is 22.7 Å². The van der Waals surface area contributed by atoms with Crippen molar-refractivity contribution in [2.45, 2.75) is 19.5 Å². The van der Waals surface area contributed by atoms with Gasteiger partial charge in [0.05, 0.1) is 24.0 Å². The molecule has 8 nitrogen and oxygen atoms in total. The van der Waals surface area contributed by atoms with E-state index >= 15 is 0 Å². The van der Waals surface area contributed by atoms with Gasteiger partial charge in [0.25, 0.3) is 5.89 Å². The van der Waals surface area contributed by atoms with E-state index in [0.29, 0.717) is 17.3 Å². The lowest BCUT2D eigenvalue weighted by Crippen LogP contribution is -2.10. The summed E-state index contributed by atoms with van der Waals surface area (Å²) in [6.07, 6.45) is 0.0182. The third-order valence-corrected chi connectivity index (χ3v) is 4.61. The third kappa shape index (κ3) is 4.94. The van der Waals surface area contributed by atoms with Crippen molar-refractivity contribution in [2.24, 2.45) is 0 Å². The molecule has 166 valence electrons. The smallest absolute Gasteiger partial charge is 0.314 e. The summed E-state index contributed by atoms with van der Waals surface area (Å²) >= 11 is 6.23. The number of alkyl halides is 2. The zero-order valence-corrected chi connectivity index (χ0v) is 17.8. The number of hydrogen-bond acceptors (Lipinski definition) is 7. The van der Waals surface area contributed by atoms with Crippen LogP contribution in [0.5, 0.6) is 0 Å². The van der Waals surface area contributed by atoms with E-state index in [4.69, 9.17) is 16.0 Å². The molecule has 0 amide bonds. The molecule has 0 aliphatic carbocycles. The molecule has 0 unspecified atom stereocenters. The predicted octanol–water partition coefficient (Wildman–Crippen LogP) is 4.23. The van der Waals surface area contributed by atoms with Crippen LogP contribution in [-0.4, -0.2) is 49.2 Å². The summed E-state index contributed by atoms with van der Waals surface area (Å²) in [5.74, 6) is -1.75. The van der Waals surface area contributed by atoms with Gasteiger partial charge in [0, 0.05) is 23.3 Å². The van der Waals surface area contributed by atoms with Gasteiger partial charge in [0.1, 0.15) is 11.5 Å². The summed E-state index contributed by atoms with van der Waals surface area (Å²) in [5.41, 5.74) is 2.56. The van der Waals surface area contributed by atoms with Crippen molar-refractivity contribution in [1.29, 1.82) is 0 Å². The van der Waals surface area contributed by atoms with E-state index in [0.717, 1.165) is 17.2 Å². The van der Waals surface area contributed by atoms with Crippen molar-refractivity contribution in [3.8, 4) is 22.7 Å². The van der Waals surface area contributed by atoms with Crippen molar-refractivity contribution in [3.63, 3.8) is 0 Å². The number of halogens is 4. The van der Waals surface area contributed by atoms with Gasteiger partial charge in [0.15, 0.2) is 0 Å². The number of nitrogens with zero attached hydrogens (tertiary/aromatic N) is 7. The number of aromatic nitrogens is 6. The van der Waals surface area contributed by atoms with Crippen molar-refractivity contribution in [3.05, 3.63) is 64.6 Å². The van der Waals surface area contributed by atoms with E-state index < -0.39 is 18.1 Å². The van der Waals surface area contributed by atoms with Crippen molar-refractivity contribution >= 4 is 11.6 Å². The van der Waals surface area contributed by atoms with Crippen LogP contribution in [0.15, 0.2) is 41.1 Å². The largest absolute Gasteiger partial charge is 0.415 e. The Hall–Kier alpha value is -3.31. The predicted molar refractivity (Wildman–Crippen MR) is 109 cm³/mol. The van der Waals surface area contributed by atoms with E-state index in [1.165, 1.54) is 10.9 Å². The lowest BCUT2D eigenvalue weighted by Gasteiger charge is -2.11. The van der Waals surface area contributed by atoms with E-state index in [2.05, 4.69) is 25.5 Å². The summed E-state index contributed by atoms with van der Waals surface area (Å²) < 4.78 is 46.0. The SMILES string of the molecule is CN(C)Cc1cc(Cl)cc(-c2cn(Cc3ncc(-c4nnc(C(F)F)o4)cc3F)nn2)c1. The quantitative estimate of drug-likeness (QED) is 0.405. The molecular formula is C20H17ClF3N7O. The maximum absolute atomic E-state index is 14.6. The van der Waals surface area contributed by atoms with Crippen molar-refractivity contribution in [2.75, 3.05) is 14.1 Å². The minimum absolute atomic E-state index is 0.0103. The molecule has 4 aromatic rings. The van der Waals surface area contributed by atoms with Gasteiger partial charge in [-0.3, -0.25) is 4.98 Å². The highest BCUT2D eigenvalue weighted by atomic mass is 35.5. The first kappa shape index (κ1) is 21.9. The zero-order valence-electron chi connectivity index (χ0n) is 17.0. The molecule has 0 aliphatic heterocycles. The van der Waals surface area contributed by atoms with E-state index in [9.17, 15) is 13.2 Å². The first-order chi connectivity index (χ1) is 15.3. The molecule has 3 heterocycles. The van der Waals surface area contributed by atoms with Crippen LogP contribution < -0.4 is 0 Å². The van der Waals surface area contributed by atoms with Crippen molar-refractivity contribution < 1.29 is 17.6 Å². The van der Waals surface area contributed by atoms with Gasteiger partial charge in [-0.05, 0) is 43.9 Å². The molecule has 32 heavy (non-hydrogen) atoms. The maximum Gasteiger partial charge on any atom is 0.314 e. The Labute approximate surface area is 185 Å². The fourth-order valence-corrected chi connectivity index (χ4v) is 3.31. The molecule has 3 aromatic heterocycles. The molecule has 12 heteroatoms. The average Bonchev–Trinajstić information content (AvgIpc) is 3.38. The molecule has 0 bridgehead atoms. The van der Waals surface area contributed by atoms with Gasteiger partial charge >= 0.3 is 6.43 Å². The molecule has 0 atom stereocenters. The Balaban J connectivity index is 1.53. The van der Waals surface area contributed by atoms with Crippen LogP contribution in [0.1, 0.15) is 23.6 Å². The van der Waals surface area contributed by atoms with E-state index in [1.54, 1.807) is 12.3 Å². The fourth-order valence-electron chi connectivity index (χ4n) is 3.06. The second kappa shape index (κ2) is 9.05. The first-order valence-electron chi connectivity index (χ1n) is 9.39. The summed E-state index contributed by atoms with van der Waals surface area (Å²) in [6.45, 7) is 0.721. The topological polar surface area (TPSA) is 85.8 Å². The first-order valence-corrected chi connectivity index (χ1v) is 9.77. The average molecular weight is 464 g/mol. The maximum atomic E-state index is 14.6. The Bertz CT molecular complexity index is 1240. The van der Waals surface area contributed by atoms with Crippen LogP contribution in [0.3, 0.4) is 0 Å². The number of pyridine rings is 1. The molecule has 0 spiro atoms. The van der Waals surface area contributed by atoms with Crippen LogP contribution >= 0.6 is 11.6 Å². The Morgan fingerprint density at radius 2 is 1.91 bits per heavy atom. The Morgan fingerprint density at radius 1 is 1.09 bits per heavy atom. The second-order valence-corrected chi connectivity index (χ2v) is 7.72. The summed E-state index contributed by atoms with van der Waals surface area (Å²) in [4.78, 5) is 6.06. The Kier molecular flexibility index (Phi) is 6.19. The second-order valence-electron chi connectivity index (χ2n) is 7.29. The third-order valence-electron chi connectivity index (χ3n) is 4.39. The van der Waals surface area contributed by atoms with E-state index in [-0.39, 0.29) is 23.7 Å². The minimum atomic E-state index is -2.91. The zero-order chi connectivity index (χ0) is 22.8. The Morgan fingerprint density at radius 3 is 2.59 bits per heavy atom. The van der Waals surface area contributed by atoms with Gasteiger partial charge in [-0.2, -0.15) is 8.78 Å². The highest BCUT2D eigenvalue weighted by molar-refractivity contribution is 6.30. The van der Waals surface area contributed by atoms with Crippen molar-refractivity contribution in [1.82, 2.24) is 35.1 Å². The van der Waals surface area contributed by atoms with Gasteiger partial charge in [-0.1, -0.05) is 16.8 Å². The highest BCUT2D eigenvalue weighted by Gasteiger charge is 2.18. The lowest BCUT2D eigenvalue weighted by molar-refractivity contribution is 0.116. The normalized spacial score (nSPS) is 11.6. The lowest BCUT2D eigenvalue weighted by atomic mass is 10.1. The van der Waals surface area contributed by atoms with E-state index in [1.807, 2.05) is 31.1 Å². The van der Waals surface area contributed by atoms with Gasteiger partial charge in [0.2, 0.25) is 5.89 Å². The molecule has 0 N–H and O–H groups in total. The van der Waals surface area contributed by atoms with Gasteiger partial charge in [-0.15, -0.1) is 15.3 Å². The van der Waals surface area contributed by atoms with Gasteiger partial charge < -0.3 is 9.32 Å². The molecule has 0 aliphatic rings. The number of benzene rings is 1. The number of rotatable bonds is 7. The molecule has 4 rings (SSSR count). The molecule has 0 radical (unpaired) electrons. The van der Waals surface area contributed by atoms with Crippen LogP contribution in [0.2, 0.25) is 5.02 Å². The summed E-state index contributed by atoms with van der Waals surface area (Å²) in [6, 6.07) is 6.71. The summed E-state index contributed by atoms with van der Waals surface area (Å²) in [5, 5.41) is 15.5. The fraction of sp³-hybridized carbons (Fsp3) is 0.250. The van der Waals surface area contributed by atoms with Crippen LogP contribution in [0.4, 0.5) is 13.2 Å². The standard InChI is InChI=1S/C20H17ClF3N7O/c1-30(2)8-11-3-12(5-14(21)4-11)16-9-31(29-26-16)10-17-15(22)6-13(7-25-17)19-27-28-20(32-19)18(23)24/h3-7,9,18H,8,10H2,1-2H3. The minimum Gasteiger partial charge on any atom is -0.415 e. The molecule has 0 saturated heterocycles. The van der Waals surface area contributed by atoms with Crippen LogP contribution in [-0.2, 0) is 13.1 Å². The molecule has 0 saturated carbocycles. The number of hydrogen-bond donors (Lipinski definition) is 0. The molecule has 0 fully saturated rings. The molecular weight excluding hydrogens is 447 g/mol. The van der Waals surface area contributed by atoms with Gasteiger partial charge in [-0.25, -0.2) is 9.07 Å². The van der Waals surface area contributed by atoms with Crippen LogP contribution in [0, 0.1) is 5.82 Å².